The Morgan fingerprint density at radius 3 is 2.41 bits per heavy atom. The van der Waals surface area contributed by atoms with E-state index >= 15 is 0 Å². The quantitative estimate of drug-likeness (QED) is 0.752. The Balaban J connectivity index is 4.14. The molecule has 2 N–H and O–H groups in total. The second-order valence-corrected chi connectivity index (χ2v) is 6.48. The fourth-order valence-electron chi connectivity index (χ4n) is 1.23. The second kappa shape index (κ2) is 7.66. The van der Waals surface area contributed by atoms with Crippen LogP contribution >= 0.6 is 0 Å². The third-order valence-electron chi connectivity index (χ3n) is 1.95. The normalized spacial score (nSPS) is 15.1. The highest BCUT2D eigenvalue weighted by atomic mass is 32.2. The van der Waals surface area contributed by atoms with Crippen LogP contribution < -0.4 is 5.32 Å². The summed E-state index contributed by atoms with van der Waals surface area (Å²) in [7, 11) is -0.897. The van der Waals surface area contributed by atoms with Crippen molar-refractivity contribution in [2.45, 2.75) is 45.3 Å². The number of rotatable bonds is 6. The van der Waals surface area contributed by atoms with Gasteiger partial charge in [-0.1, -0.05) is 0 Å². The second-order valence-electron chi connectivity index (χ2n) is 4.92. The van der Waals surface area contributed by atoms with Gasteiger partial charge in [0.15, 0.2) is 0 Å². The third kappa shape index (κ3) is 10.3. The number of amides is 1. The van der Waals surface area contributed by atoms with Crippen molar-refractivity contribution in [1.82, 2.24) is 5.32 Å². The van der Waals surface area contributed by atoms with Crippen LogP contribution in [0.25, 0.3) is 0 Å². The number of hydrogen-bond donors (Lipinski definition) is 2. The molecule has 0 heterocycles. The summed E-state index contributed by atoms with van der Waals surface area (Å²) in [5.74, 6) is 0.500. The van der Waals surface area contributed by atoms with Crippen LogP contribution in [-0.4, -0.2) is 45.7 Å². The van der Waals surface area contributed by atoms with Crippen molar-refractivity contribution >= 4 is 16.9 Å². The summed E-state index contributed by atoms with van der Waals surface area (Å²) in [6.45, 7) is 5.34. The van der Waals surface area contributed by atoms with E-state index < -0.39 is 22.5 Å². The zero-order valence-electron chi connectivity index (χ0n) is 11.0. The molecule has 0 aromatic heterocycles. The average Bonchev–Trinajstić information content (AvgIpc) is 2.11. The first-order chi connectivity index (χ1) is 7.74. The maximum atomic E-state index is 11.5. The number of alkyl carbamates (subject to hydrolysis) is 1. The molecule has 0 saturated heterocycles. The lowest BCUT2D eigenvalue weighted by molar-refractivity contribution is 0.0496. The van der Waals surface area contributed by atoms with Crippen molar-refractivity contribution in [2.24, 2.45) is 0 Å². The molecular weight excluding hydrogens is 242 g/mol. The molecule has 0 radical (unpaired) electrons. The lowest BCUT2D eigenvalue weighted by Gasteiger charge is -2.23. The molecule has 0 bridgehead atoms. The van der Waals surface area contributed by atoms with Gasteiger partial charge in [-0.2, -0.15) is 0 Å². The topological polar surface area (TPSA) is 75.6 Å². The summed E-state index contributed by atoms with van der Waals surface area (Å²) in [5, 5.41) is 11.6. The van der Waals surface area contributed by atoms with Crippen LogP contribution in [0.1, 0.15) is 33.6 Å². The number of ether oxygens (including phenoxy) is 1. The lowest BCUT2D eigenvalue weighted by atomic mass is 10.1. The molecule has 0 aliphatic rings. The Kier molecular flexibility index (Phi) is 7.38. The predicted molar refractivity (Wildman–Crippen MR) is 68.4 cm³/mol. The maximum absolute atomic E-state index is 11.5. The van der Waals surface area contributed by atoms with Gasteiger partial charge in [0.25, 0.3) is 0 Å². The van der Waals surface area contributed by atoms with Crippen LogP contribution in [-0.2, 0) is 15.5 Å². The summed E-state index contributed by atoms with van der Waals surface area (Å²) >= 11 is 0. The highest BCUT2D eigenvalue weighted by Gasteiger charge is 2.19. The van der Waals surface area contributed by atoms with Gasteiger partial charge in [0.2, 0.25) is 0 Å². The van der Waals surface area contributed by atoms with Gasteiger partial charge in [0, 0.05) is 35.5 Å². The van der Waals surface area contributed by atoms with Crippen molar-refractivity contribution in [3.05, 3.63) is 0 Å². The number of aliphatic hydroxyl groups excluding tert-OH is 1. The third-order valence-corrected chi connectivity index (χ3v) is 2.76. The van der Waals surface area contributed by atoms with Crippen molar-refractivity contribution < 1.29 is 18.8 Å². The molecule has 0 aromatic carbocycles. The molecule has 5 nitrogen and oxygen atoms in total. The summed E-state index contributed by atoms with van der Waals surface area (Å²) in [4.78, 5) is 11.5. The SMILES string of the molecule is CS(=O)CC[C@@H](CCO)NC(=O)OC(C)(C)C. The largest absolute Gasteiger partial charge is 0.444 e. The molecule has 1 unspecified atom stereocenters. The van der Waals surface area contributed by atoms with Crippen LogP contribution in [0, 0.1) is 0 Å². The van der Waals surface area contributed by atoms with E-state index in [0.29, 0.717) is 18.6 Å². The predicted octanol–water partition coefficient (Wildman–Crippen LogP) is 1.03. The molecule has 102 valence electrons. The Bertz CT molecular complexity index is 263. The molecular formula is C11H23NO4S. The Morgan fingerprint density at radius 1 is 1.41 bits per heavy atom. The number of carbonyl (C=O) groups is 1. The molecule has 0 rings (SSSR count). The smallest absolute Gasteiger partial charge is 0.407 e. The number of hydrogen-bond acceptors (Lipinski definition) is 4. The Labute approximate surface area is 105 Å². The van der Waals surface area contributed by atoms with Gasteiger partial charge in [-0.3, -0.25) is 4.21 Å². The van der Waals surface area contributed by atoms with E-state index in [1.54, 1.807) is 27.0 Å². The number of nitrogens with one attached hydrogen (secondary N) is 1. The van der Waals surface area contributed by atoms with Crippen molar-refractivity contribution in [3.63, 3.8) is 0 Å². The van der Waals surface area contributed by atoms with Crippen LogP contribution in [0.15, 0.2) is 0 Å². The van der Waals surface area contributed by atoms with Gasteiger partial charge in [0.05, 0.1) is 0 Å². The number of aliphatic hydroxyl groups is 1. The van der Waals surface area contributed by atoms with E-state index in [0.717, 1.165) is 0 Å². The van der Waals surface area contributed by atoms with E-state index in [2.05, 4.69) is 5.32 Å². The molecule has 0 fully saturated rings. The van der Waals surface area contributed by atoms with E-state index in [4.69, 9.17) is 9.84 Å². The van der Waals surface area contributed by atoms with Gasteiger partial charge >= 0.3 is 6.09 Å². The molecule has 0 aliphatic carbocycles. The van der Waals surface area contributed by atoms with Crippen LogP contribution in [0.5, 0.6) is 0 Å². The fraction of sp³-hybridized carbons (Fsp3) is 0.909. The minimum atomic E-state index is -0.897. The van der Waals surface area contributed by atoms with E-state index in [1.165, 1.54) is 0 Å². The van der Waals surface area contributed by atoms with Gasteiger partial charge in [0.1, 0.15) is 5.60 Å². The molecule has 1 amide bonds. The van der Waals surface area contributed by atoms with Gasteiger partial charge in [-0.15, -0.1) is 0 Å². The summed E-state index contributed by atoms with van der Waals surface area (Å²) < 4.78 is 16.1. The molecule has 2 atom stereocenters. The minimum absolute atomic E-state index is 0.0170. The molecule has 17 heavy (non-hydrogen) atoms. The first-order valence-corrected chi connectivity index (χ1v) is 7.37. The summed E-state index contributed by atoms with van der Waals surface area (Å²) in [5.41, 5.74) is -0.540. The molecule has 0 spiro atoms. The van der Waals surface area contributed by atoms with Crippen LogP contribution in [0.3, 0.4) is 0 Å². The maximum Gasteiger partial charge on any atom is 0.407 e. The standard InChI is InChI=1S/C11H23NO4S/c1-11(2,3)16-10(14)12-9(5-7-13)6-8-17(4)15/h9,13H,5-8H2,1-4H3,(H,12,14)/t9-,17?/m1/s1. The Morgan fingerprint density at radius 2 is 2.00 bits per heavy atom. The summed E-state index contributed by atoms with van der Waals surface area (Å²) in [6.07, 6.45) is 2.13. The first-order valence-electron chi connectivity index (χ1n) is 5.65. The van der Waals surface area contributed by atoms with Gasteiger partial charge in [-0.25, -0.2) is 4.79 Å². The average molecular weight is 265 g/mol. The zero-order valence-corrected chi connectivity index (χ0v) is 11.8. The molecule has 0 saturated carbocycles. The van der Waals surface area contributed by atoms with E-state index in [-0.39, 0.29) is 12.6 Å². The summed E-state index contributed by atoms with van der Waals surface area (Å²) in [6, 6.07) is -0.196. The zero-order chi connectivity index (χ0) is 13.5. The first kappa shape index (κ1) is 16.4. The van der Waals surface area contributed by atoms with Crippen LogP contribution in [0.2, 0.25) is 0 Å². The lowest BCUT2D eigenvalue weighted by Crippen LogP contribution is -2.40. The number of carbonyl (C=O) groups excluding carboxylic acids is 1. The van der Waals surface area contributed by atoms with E-state index in [9.17, 15) is 9.00 Å². The molecule has 0 aliphatic heterocycles. The van der Waals surface area contributed by atoms with Crippen molar-refractivity contribution in [2.75, 3.05) is 18.6 Å². The minimum Gasteiger partial charge on any atom is -0.444 e. The monoisotopic (exact) mass is 265 g/mol. The Hall–Kier alpha value is -0.620. The molecule has 0 aromatic rings. The molecule has 6 heteroatoms. The highest BCUT2D eigenvalue weighted by Crippen LogP contribution is 2.08. The van der Waals surface area contributed by atoms with Gasteiger partial charge < -0.3 is 15.2 Å². The van der Waals surface area contributed by atoms with Crippen LogP contribution in [0.4, 0.5) is 4.79 Å². The fourth-order valence-corrected chi connectivity index (χ4v) is 1.84. The highest BCUT2D eigenvalue weighted by molar-refractivity contribution is 7.84. The van der Waals surface area contributed by atoms with E-state index in [1.807, 2.05) is 0 Å². The van der Waals surface area contributed by atoms with Crippen molar-refractivity contribution in [1.29, 1.82) is 0 Å². The van der Waals surface area contributed by atoms with Crippen molar-refractivity contribution in [3.8, 4) is 0 Å². The van der Waals surface area contributed by atoms with Gasteiger partial charge in [-0.05, 0) is 33.6 Å².